The zero-order valence-electron chi connectivity index (χ0n) is 10.8. The van der Waals surface area contributed by atoms with Crippen LogP contribution >= 0.6 is 0 Å². The van der Waals surface area contributed by atoms with Crippen molar-refractivity contribution in [2.75, 3.05) is 0 Å². The molecule has 2 unspecified atom stereocenters. The van der Waals surface area contributed by atoms with E-state index >= 15 is 0 Å². The first-order valence-corrected chi connectivity index (χ1v) is 7.01. The van der Waals surface area contributed by atoms with E-state index in [-0.39, 0.29) is 5.41 Å². The largest absolute Gasteiger partial charge is 0.294 e. The molecule has 3 aliphatic carbocycles. The Kier molecular flexibility index (Phi) is 1.96. The number of rotatable bonds is 0. The van der Waals surface area contributed by atoms with Gasteiger partial charge in [-0.15, -0.1) is 0 Å². The molecule has 1 nitrogen and oxygen atoms in total. The first-order chi connectivity index (χ1) is 8.69. The van der Waals surface area contributed by atoms with Crippen molar-refractivity contribution >= 4 is 5.78 Å². The van der Waals surface area contributed by atoms with E-state index in [1.807, 2.05) is 0 Å². The van der Waals surface area contributed by atoms with Gasteiger partial charge in [0.2, 0.25) is 0 Å². The first-order valence-electron chi connectivity index (χ1n) is 7.01. The van der Waals surface area contributed by atoms with E-state index in [1.165, 1.54) is 17.5 Å². The van der Waals surface area contributed by atoms with E-state index < -0.39 is 0 Å². The first kappa shape index (κ1) is 10.5. The third-order valence-electron chi connectivity index (χ3n) is 5.32. The monoisotopic (exact) mass is 238 g/mol. The van der Waals surface area contributed by atoms with Gasteiger partial charge in [-0.25, -0.2) is 0 Å². The molecule has 0 aliphatic heterocycles. The highest BCUT2D eigenvalue weighted by molar-refractivity contribution is 6.03. The van der Waals surface area contributed by atoms with Crippen LogP contribution < -0.4 is 0 Å². The van der Waals surface area contributed by atoms with E-state index in [9.17, 15) is 4.79 Å². The topological polar surface area (TPSA) is 17.1 Å². The van der Waals surface area contributed by atoms with Crippen molar-refractivity contribution in [1.29, 1.82) is 0 Å². The van der Waals surface area contributed by atoms with Gasteiger partial charge in [0.1, 0.15) is 0 Å². The lowest BCUT2D eigenvalue weighted by molar-refractivity contribution is 0.0671. The van der Waals surface area contributed by atoms with Gasteiger partial charge in [0.15, 0.2) is 5.78 Å². The minimum absolute atomic E-state index is 0.0215. The number of carbonyl (C=O) groups excluding carboxylic acids is 1. The van der Waals surface area contributed by atoms with Gasteiger partial charge >= 0.3 is 0 Å². The fourth-order valence-electron chi connectivity index (χ4n) is 4.36. The summed E-state index contributed by atoms with van der Waals surface area (Å²) in [6.45, 7) is 2.11. The van der Waals surface area contributed by atoms with Crippen molar-refractivity contribution in [3.8, 4) is 0 Å². The zero-order valence-corrected chi connectivity index (χ0v) is 10.8. The molecule has 92 valence electrons. The number of benzene rings is 1. The summed E-state index contributed by atoms with van der Waals surface area (Å²) in [4.78, 5) is 12.9. The average Bonchev–Trinajstić information content (AvgIpc) is 2.95. The lowest BCUT2D eigenvalue weighted by Crippen LogP contribution is -2.39. The van der Waals surface area contributed by atoms with Crippen molar-refractivity contribution in [1.82, 2.24) is 0 Å². The minimum atomic E-state index is -0.0215. The predicted octanol–water partition coefficient (Wildman–Crippen LogP) is 3.85. The Morgan fingerprint density at radius 2 is 2.22 bits per heavy atom. The van der Waals surface area contributed by atoms with E-state index in [0.717, 1.165) is 31.2 Å². The molecule has 0 N–H and O–H groups in total. The van der Waals surface area contributed by atoms with Crippen LogP contribution in [-0.4, -0.2) is 5.78 Å². The number of hydrogen-bond donors (Lipinski definition) is 0. The summed E-state index contributed by atoms with van der Waals surface area (Å²) in [7, 11) is 0. The lowest BCUT2D eigenvalue weighted by Gasteiger charge is -2.38. The van der Waals surface area contributed by atoms with Crippen LogP contribution in [0.5, 0.6) is 0 Å². The molecule has 1 spiro atoms. The molecule has 2 bridgehead atoms. The van der Waals surface area contributed by atoms with Crippen molar-refractivity contribution < 1.29 is 4.79 Å². The van der Waals surface area contributed by atoms with Gasteiger partial charge in [-0.1, -0.05) is 35.4 Å². The predicted molar refractivity (Wildman–Crippen MR) is 71.7 cm³/mol. The number of fused-ring (bicyclic) bond motifs is 4. The van der Waals surface area contributed by atoms with E-state index in [1.54, 1.807) is 5.57 Å². The maximum Gasteiger partial charge on any atom is 0.169 e. The summed E-state index contributed by atoms with van der Waals surface area (Å²) in [5.74, 6) is 1.05. The van der Waals surface area contributed by atoms with Gasteiger partial charge in [-0.05, 0) is 50.5 Å². The van der Waals surface area contributed by atoms with E-state index in [0.29, 0.717) is 11.7 Å². The van der Waals surface area contributed by atoms with Crippen molar-refractivity contribution in [2.24, 2.45) is 11.3 Å². The second-order valence-electron chi connectivity index (χ2n) is 6.32. The minimum Gasteiger partial charge on any atom is -0.294 e. The zero-order chi connectivity index (χ0) is 12.3. The van der Waals surface area contributed by atoms with Gasteiger partial charge in [-0.2, -0.15) is 0 Å². The molecule has 3 aliphatic rings. The Morgan fingerprint density at radius 3 is 2.94 bits per heavy atom. The Morgan fingerprint density at radius 1 is 1.33 bits per heavy atom. The Hall–Kier alpha value is -1.37. The SMILES string of the molecule is Cc1ccc2c(c1)CCC1(CC3=CCC1C3)C2=O. The highest BCUT2D eigenvalue weighted by Gasteiger charge is 2.53. The van der Waals surface area contributed by atoms with Crippen LogP contribution in [0.3, 0.4) is 0 Å². The number of aryl methyl sites for hydroxylation is 2. The molecule has 18 heavy (non-hydrogen) atoms. The molecule has 0 aromatic heterocycles. The molecule has 1 aromatic carbocycles. The van der Waals surface area contributed by atoms with Crippen LogP contribution in [0.15, 0.2) is 29.8 Å². The highest BCUT2D eigenvalue weighted by atomic mass is 16.1. The number of hydrogen-bond acceptors (Lipinski definition) is 1. The molecule has 0 heterocycles. The lowest BCUT2D eigenvalue weighted by atomic mass is 9.63. The molecule has 1 heteroatoms. The molecule has 0 amide bonds. The average molecular weight is 238 g/mol. The van der Waals surface area contributed by atoms with Crippen LogP contribution in [0.2, 0.25) is 0 Å². The molecule has 0 saturated heterocycles. The molecule has 1 aromatic rings. The van der Waals surface area contributed by atoms with Crippen LogP contribution in [0.1, 0.15) is 47.2 Å². The van der Waals surface area contributed by atoms with E-state index in [2.05, 4.69) is 31.2 Å². The van der Waals surface area contributed by atoms with E-state index in [4.69, 9.17) is 0 Å². The van der Waals surface area contributed by atoms with Crippen molar-refractivity contribution in [3.63, 3.8) is 0 Å². The Balaban J connectivity index is 1.81. The van der Waals surface area contributed by atoms with Gasteiger partial charge in [0, 0.05) is 11.0 Å². The number of carbonyl (C=O) groups is 1. The van der Waals surface area contributed by atoms with Crippen LogP contribution in [0.25, 0.3) is 0 Å². The molecule has 0 radical (unpaired) electrons. The third kappa shape index (κ3) is 1.20. The number of allylic oxidation sites excluding steroid dienone is 2. The molecule has 2 atom stereocenters. The third-order valence-corrected chi connectivity index (χ3v) is 5.32. The fraction of sp³-hybridized carbons (Fsp3) is 0.471. The number of ketones is 1. The maximum atomic E-state index is 12.9. The Bertz CT molecular complexity index is 581. The van der Waals surface area contributed by atoms with Crippen LogP contribution in [0, 0.1) is 18.3 Å². The summed E-state index contributed by atoms with van der Waals surface area (Å²) in [6, 6.07) is 6.35. The molecular weight excluding hydrogens is 220 g/mol. The molecular formula is C17H18O. The second-order valence-corrected chi connectivity index (χ2v) is 6.32. The van der Waals surface area contributed by atoms with Gasteiger partial charge < -0.3 is 0 Å². The van der Waals surface area contributed by atoms with Crippen molar-refractivity contribution in [3.05, 3.63) is 46.5 Å². The maximum absolute atomic E-state index is 12.9. The summed E-state index contributed by atoms with van der Waals surface area (Å²) in [5, 5.41) is 0. The summed E-state index contributed by atoms with van der Waals surface area (Å²) < 4.78 is 0. The second kappa shape index (κ2) is 3.34. The normalized spacial score (nSPS) is 32.8. The standard InChI is InChI=1S/C17H18O/c1-11-2-5-15-13(8-11)6-7-17(16(15)18)10-12-3-4-14(17)9-12/h2-3,5,8,14H,4,6-7,9-10H2,1H3. The Labute approximate surface area is 108 Å². The summed E-state index contributed by atoms with van der Waals surface area (Å²) in [5.41, 5.74) is 5.09. The summed E-state index contributed by atoms with van der Waals surface area (Å²) in [6.07, 6.45) is 7.91. The van der Waals surface area contributed by atoms with Crippen LogP contribution in [0.4, 0.5) is 0 Å². The van der Waals surface area contributed by atoms with Crippen LogP contribution in [-0.2, 0) is 6.42 Å². The highest BCUT2D eigenvalue weighted by Crippen LogP contribution is 2.58. The van der Waals surface area contributed by atoms with Crippen molar-refractivity contribution in [2.45, 2.75) is 39.0 Å². The molecule has 1 fully saturated rings. The van der Waals surface area contributed by atoms with Gasteiger partial charge in [-0.3, -0.25) is 4.79 Å². The summed E-state index contributed by atoms with van der Waals surface area (Å²) >= 11 is 0. The quantitative estimate of drug-likeness (QED) is 0.627. The van der Waals surface area contributed by atoms with Gasteiger partial charge in [0.05, 0.1) is 0 Å². The fourth-order valence-corrected chi connectivity index (χ4v) is 4.36. The number of Topliss-reactive ketones (excluding diaryl/α,β-unsaturated/α-hetero) is 1. The molecule has 4 rings (SSSR count). The van der Waals surface area contributed by atoms with Gasteiger partial charge in [0.25, 0.3) is 0 Å². The molecule has 1 saturated carbocycles. The smallest absolute Gasteiger partial charge is 0.169 e.